The molecule has 1 saturated heterocycles. The SMILES string of the molecule is CO[C@@H]1OC(CO)C[C@H](OCc2ccccc2)C1C. The van der Waals surface area contributed by atoms with E-state index in [0.717, 1.165) is 5.56 Å². The van der Waals surface area contributed by atoms with Gasteiger partial charge < -0.3 is 19.3 Å². The molecule has 1 aliphatic rings. The zero-order chi connectivity index (χ0) is 13.7. The van der Waals surface area contributed by atoms with Gasteiger partial charge in [-0.05, 0) is 5.56 Å². The van der Waals surface area contributed by atoms with E-state index in [1.54, 1.807) is 7.11 Å². The van der Waals surface area contributed by atoms with Crippen molar-refractivity contribution in [2.75, 3.05) is 13.7 Å². The minimum atomic E-state index is -0.313. The van der Waals surface area contributed by atoms with Gasteiger partial charge in [-0.3, -0.25) is 0 Å². The van der Waals surface area contributed by atoms with Crippen molar-refractivity contribution in [2.45, 2.75) is 38.4 Å². The van der Waals surface area contributed by atoms with Crippen molar-refractivity contribution in [1.29, 1.82) is 0 Å². The van der Waals surface area contributed by atoms with Crippen molar-refractivity contribution in [2.24, 2.45) is 5.92 Å². The van der Waals surface area contributed by atoms with Gasteiger partial charge >= 0.3 is 0 Å². The first-order valence-electron chi connectivity index (χ1n) is 6.69. The highest BCUT2D eigenvalue weighted by Crippen LogP contribution is 2.28. The number of hydrogen-bond acceptors (Lipinski definition) is 4. The van der Waals surface area contributed by atoms with E-state index in [0.29, 0.717) is 13.0 Å². The first kappa shape index (κ1) is 14.5. The van der Waals surface area contributed by atoms with E-state index in [-0.39, 0.29) is 31.0 Å². The molecule has 1 aromatic carbocycles. The lowest BCUT2D eigenvalue weighted by Crippen LogP contribution is -2.46. The predicted molar refractivity (Wildman–Crippen MR) is 71.6 cm³/mol. The third-order valence-electron chi connectivity index (χ3n) is 3.58. The van der Waals surface area contributed by atoms with Gasteiger partial charge in [0.05, 0.1) is 25.4 Å². The van der Waals surface area contributed by atoms with E-state index in [1.807, 2.05) is 30.3 Å². The van der Waals surface area contributed by atoms with Crippen LogP contribution < -0.4 is 0 Å². The monoisotopic (exact) mass is 266 g/mol. The summed E-state index contributed by atoms with van der Waals surface area (Å²) in [6.45, 7) is 2.62. The quantitative estimate of drug-likeness (QED) is 0.885. The van der Waals surface area contributed by atoms with E-state index >= 15 is 0 Å². The summed E-state index contributed by atoms with van der Waals surface area (Å²) in [6.07, 6.45) is 0.217. The van der Waals surface area contributed by atoms with Crippen LogP contribution in [0.25, 0.3) is 0 Å². The van der Waals surface area contributed by atoms with Crippen LogP contribution in [-0.4, -0.2) is 37.3 Å². The average Bonchev–Trinajstić information content (AvgIpc) is 2.47. The van der Waals surface area contributed by atoms with Crippen LogP contribution in [0.1, 0.15) is 18.9 Å². The molecule has 1 aliphatic heterocycles. The van der Waals surface area contributed by atoms with Gasteiger partial charge in [-0.2, -0.15) is 0 Å². The molecule has 1 heterocycles. The number of hydrogen-bond donors (Lipinski definition) is 1. The molecule has 0 saturated carbocycles. The Hall–Kier alpha value is -0.940. The first-order chi connectivity index (χ1) is 9.24. The highest BCUT2D eigenvalue weighted by Gasteiger charge is 2.36. The van der Waals surface area contributed by atoms with Crippen LogP contribution in [-0.2, 0) is 20.8 Å². The molecular weight excluding hydrogens is 244 g/mol. The van der Waals surface area contributed by atoms with E-state index in [4.69, 9.17) is 14.2 Å². The molecule has 1 N–H and O–H groups in total. The highest BCUT2D eigenvalue weighted by molar-refractivity contribution is 5.13. The van der Waals surface area contributed by atoms with Crippen LogP contribution >= 0.6 is 0 Å². The summed E-state index contributed by atoms with van der Waals surface area (Å²) >= 11 is 0. The van der Waals surface area contributed by atoms with Crippen molar-refractivity contribution < 1.29 is 19.3 Å². The Labute approximate surface area is 114 Å². The molecular formula is C15H22O4. The number of rotatable bonds is 5. The molecule has 4 nitrogen and oxygen atoms in total. The van der Waals surface area contributed by atoms with Crippen LogP contribution in [0.3, 0.4) is 0 Å². The van der Waals surface area contributed by atoms with Crippen LogP contribution in [0.2, 0.25) is 0 Å². The second-order valence-electron chi connectivity index (χ2n) is 4.97. The Morgan fingerprint density at radius 2 is 2.05 bits per heavy atom. The standard InChI is InChI=1S/C15H22O4/c1-11-14(8-13(9-16)19-15(11)17-2)18-10-12-6-4-3-5-7-12/h3-7,11,13-16H,8-10H2,1-2H3/t11?,13?,14-,15+/m0/s1. The number of methoxy groups -OCH3 is 1. The zero-order valence-corrected chi connectivity index (χ0v) is 11.5. The molecule has 106 valence electrons. The van der Waals surface area contributed by atoms with E-state index in [9.17, 15) is 5.11 Å². The Kier molecular flexibility index (Phi) is 5.34. The largest absolute Gasteiger partial charge is 0.394 e. The summed E-state index contributed by atoms with van der Waals surface area (Å²) < 4.78 is 16.9. The lowest BCUT2D eigenvalue weighted by Gasteiger charge is -2.38. The zero-order valence-electron chi connectivity index (χ0n) is 11.5. The van der Waals surface area contributed by atoms with Gasteiger partial charge in [0.25, 0.3) is 0 Å². The minimum absolute atomic E-state index is 0.00221. The van der Waals surface area contributed by atoms with Gasteiger partial charge in [0, 0.05) is 19.4 Å². The molecule has 4 heteroatoms. The maximum absolute atomic E-state index is 9.26. The summed E-state index contributed by atoms with van der Waals surface area (Å²) in [7, 11) is 1.62. The number of aliphatic hydroxyl groups is 1. The summed E-state index contributed by atoms with van der Waals surface area (Å²) in [5.41, 5.74) is 1.15. The van der Waals surface area contributed by atoms with Gasteiger partial charge in [-0.25, -0.2) is 0 Å². The van der Waals surface area contributed by atoms with E-state index in [1.165, 1.54) is 0 Å². The molecule has 0 spiro atoms. The smallest absolute Gasteiger partial charge is 0.162 e. The van der Waals surface area contributed by atoms with Crippen molar-refractivity contribution in [3.63, 3.8) is 0 Å². The second kappa shape index (κ2) is 7.01. The fourth-order valence-electron chi connectivity index (χ4n) is 2.40. The number of ether oxygens (including phenoxy) is 3. The van der Waals surface area contributed by atoms with Gasteiger partial charge in [0.1, 0.15) is 0 Å². The Bertz CT molecular complexity index is 368. The first-order valence-corrected chi connectivity index (χ1v) is 6.69. The Morgan fingerprint density at radius 1 is 1.32 bits per heavy atom. The van der Waals surface area contributed by atoms with Gasteiger partial charge in [0.15, 0.2) is 6.29 Å². The fraction of sp³-hybridized carbons (Fsp3) is 0.600. The summed E-state index contributed by atoms with van der Waals surface area (Å²) in [6, 6.07) is 10.1. The van der Waals surface area contributed by atoms with Gasteiger partial charge in [-0.15, -0.1) is 0 Å². The van der Waals surface area contributed by atoms with Gasteiger partial charge in [-0.1, -0.05) is 37.3 Å². The number of aliphatic hydroxyl groups excluding tert-OH is 1. The predicted octanol–water partition coefficient (Wildman–Crippen LogP) is 1.96. The lowest BCUT2D eigenvalue weighted by molar-refractivity contribution is -0.247. The van der Waals surface area contributed by atoms with Crippen LogP contribution in [0.5, 0.6) is 0 Å². The summed E-state index contributed by atoms with van der Waals surface area (Å²) in [4.78, 5) is 0. The molecule has 0 bridgehead atoms. The maximum Gasteiger partial charge on any atom is 0.162 e. The summed E-state index contributed by atoms with van der Waals surface area (Å²) in [5, 5.41) is 9.26. The number of benzene rings is 1. The Balaban J connectivity index is 1.93. The molecule has 0 amide bonds. The van der Waals surface area contributed by atoms with Crippen molar-refractivity contribution in [3.8, 4) is 0 Å². The normalized spacial score (nSPS) is 31.3. The van der Waals surface area contributed by atoms with Crippen LogP contribution in [0.4, 0.5) is 0 Å². The molecule has 0 aliphatic carbocycles. The molecule has 19 heavy (non-hydrogen) atoms. The fourth-order valence-corrected chi connectivity index (χ4v) is 2.40. The van der Waals surface area contributed by atoms with E-state index < -0.39 is 0 Å². The molecule has 0 radical (unpaired) electrons. The van der Waals surface area contributed by atoms with E-state index in [2.05, 4.69) is 6.92 Å². The molecule has 4 atom stereocenters. The molecule has 0 aromatic heterocycles. The van der Waals surface area contributed by atoms with Crippen LogP contribution in [0, 0.1) is 5.92 Å². The Morgan fingerprint density at radius 3 is 2.68 bits per heavy atom. The molecule has 2 rings (SSSR count). The molecule has 2 unspecified atom stereocenters. The topological polar surface area (TPSA) is 47.9 Å². The van der Waals surface area contributed by atoms with Crippen LogP contribution in [0.15, 0.2) is 30.3 Å². The molecule has 1 aromatic rings. The summed E-state index contributed by atoms with van der Waals surface area (Å²) in [5.74, 6) is 0.150. The lowest BCUT2D eigenvalue weighted by atomic mass is 9.95. The third-order valence-corrected chi connectivity index (χ3v) is 3.58. The average molecular weight is 266 g/mol. The van der Waals surface area contributed by atoms with Crippen molar-refractivity contribution in [1.82, 2.24) is 0 Å². The maximum atomic E-state index is 9.26. The third kappa shape index (κ3) is 3.76. The highest BCUT2D eigenvalue weighted by atomic mass is 16.7. The van der Waals surface area contributed by atoms with Gasteiger partial charge in [0.2, 0.25) is 0 Å². The van der Waals surface area contributed by atoms with Crippen molar-refractivity contribution in [3.05, 3.63) is 35.9 Å². The molecule has 1 fully saturated rings. The minimum Gasteiger partial charge on any atom is -0.394 e. The second-order valence-corrected chi connectivity index (χ2v) is 4.97. The van der Waals surface area contributed by atoms with Crippen molar-refractivity contribution >= 4 is 0 Å².